The first kappa shape index (κ1) is 21.6. The molecule has 168 valence electrons. The molecule has 5 rings (SSSR count). The topological polar surface area (TPSA) is 62.1 Å². The number of aromatic nitrogens is 4. The molecule has 7 nitrogen and oxygen atoms in total. The maximum atomic E-state index is 4.82. The fraction of sp³-hybridized carbons (Fsp3) is 0.320. The molecule has 8 heteroatoms. The van der Waals surface area contributed by atoms with Crippen molar-refractivity contribution in [1.29, 1.82) is 0 Å². The Morgan fingerprint density at radius 2 is 1.79 bits per heavy atom. The number of aryl methyl sites for hydroxylation is 2. The largest absolute Gasteiger partial charge is 0.324 e. The number of benzene rings is 2. The minimum absolute atomic E-state index is 0.614. The summed E-state index contributed by atoms with van der Waals surface area (Å²) in [5, 5.41) is 8.90. The summed E-state index contributed by atoms with van der Waals surface area (Å²) in [6, 6.07) is 10.9. The molecule has 0 saturated carbocycles. The van der Waals surface area contributed by atoms with Crippen LogP contribution in [0.1, 0.15) is 11.1 Å². The SMILES string of the molecule is Bc1cc(C)c2nc(Nc3cc(CN4CCN(C)CC4)cc(-c4cnn(C)c4)c3)ncc2c1. The molecule has 3 heterocycles. The Kier molecular flexibility index (Phi) is 5.87. The second-order valence-electron chi connectivity index (χ2n) is 9.24. The molecule has 0 radical (unpaired) electrons. The predicted molar refractivity (Wildman–Crippen MR) is 137 cm³/mol. The summed E-state index contributed by atoms with van der Waals surface area (Å²) in [7, 11) is 6.24. The summed E-state index contributed by atoms with van der Waals surface area (Å²) >= 11 is 0. The van der Waals surface area contributed by atoms with E-state index in [-0.39, 0.29) is 0 Å². The second kappa shape index (κ2) is 8.96. The van der Waals surface area contributed by atoms with E-state index in [1.54, 1.807) is 0 Å². The van der Waals surface area contributed by atoms with Gasteiger partial charge in [0.25, 0.3) is 0 Å². The molecule has 2 aromatic carbocycles. The summed E-state index contributed by atoms with van der Waals surface area (Å²) in [4.78, 5) is 14.3. The monoisotopic (exact) mass is 439 g/mol. The van der Waals surface area contributed by atoms with Crippen LogP contribution in [-0.2, 0) is 13.6 Å². The van der Waals surface area contributed by atoms with E-state index in [4.69, 9.17) is 4.98 Å². The van der Waals surface area contributed by atoms with E-state index in [9.17, 15) is 0 Å². The molecule has 1 saturated heterocycles. The highest BCUT2D eigenvalue weighted by Gasteiger charge is 2.15. The van der Waals surface area contributed by atoms with Crippen LogP contribution in [0, 0.1) is 6.92 Å². The molecule has 1 aliphatic heterocycles. The molecular formula is C25H30BN7. The molecular weight excluding hydrogens is 409 g/mol. The standard InChI is InChI=1S/C25H30BN7/c1-17-8-22(26)11-20-13-27-25(30-24(17)20)29-23-10-18(15-33-6-4-31(2)5-7-33)9-19(12-23)21-14-28-32(3)16-21/h8-14,16H,4-7,15,26H2,1-3H3,(H,27,29,30). The molecule has 0 amide bonds. The van der Waals surface area contributed by atoms with Gasteiger partial charge in [-0.15, -0.1) is 0 Å². The van der Waals surface area contributed by atoms with Crippen molar-refractivity contribution in [2.75, 3.05) is 38.5 Å². The Hall–Kier alpha value is -3.23. The lowest BCUT2D eigenvalue weighted by Gasteiger charge is -2.32. The first-order chi connectivity index (χ1) is 15.9. The molecule has 0 bridgehead atoms. The lowest BCUT2D eigenvalue weighted by Crippen LogP contribution is -2.43. The van der Waals surface area contributed by atoms with E-state index in [1.807, 2.05) is 24.1 Å². The second-order valence-corrected chi connectivity index (χ2v) is 9.24. The van der Waals surface area contributed by atoms with Gasteiger partial charge in [-0.2, -0.15) is 5.10 Å². The average molecular weight is 439 g/mol. The van der Waals surface area contributed by atoms with Crippen LogP contribution in [0.5, 0.6) is 0 Å². The van der Waals surface area contributed by atoms with Crippen molar-refractivity contribution in [3.8, 4) is 11.1 Å². The number of nitrogens with one attached hydrogen (secondary N) is 1. The highest BCUT2D eigenvalue weighted by atomic mass is 15.2. The summed E-state index contributed by atoms with van der Waals surface area (Å²) in [6.45, 7) is 7.41. The van der Waals surface area contributed by atoms with E-state index in [0.29, 0.717) is 5.95 Å². The minimum Gasteiger partial charge on any atom is -0.324 e. The van der Waals surface area contributed by atoms with Crippen molar-refractivity contribution in [2.45, 2.75) is 13.5 Å². The summed E-state index contributed by atoms with van der Waals surface area (Å²) < 4.78 is 1.84. The van der Waals surface area contributed by atoms with Crippen LogP contribution in [0.25, 0.3) is 22.0 Å². The van der Waals surface area contributed by atoms with Crippen LogP contribution < -0.4 is 10.8 Å². The lowest BCUT2D eigenvalue weighted by molar-refractivity contribution is 0.148. The number of hydrogen-bond acceptors (Lipinski definition) is 6. The van der Waals surface area contributed by atoms with Gasteiger partial charge in [-0.25, -0.2) is 9.97 Å². The van der Waals surface area contributed by atoms with Gasteiger partial charge in [0.2, 0.25) is 5.95 Å². The van der Waals surface area contributed by atoms with Gasteiger partial charge in [-0.1, -0.05) is 17.6 Å². The Bertz CT molecular complexity index is 1290. The summed E-state index contributed by atoms with van der Waals surface area (Å²) in [5.41, 5.74) is 7.88. The van der Waals surface area contributed by atoms with Crippen LogP contribution in [0.4, 0.5) is 11.6 Å². The fourth-order valence-electron chi connectivity index (χ4n) is 4.56. The molecule has 0 spiro atoms. The number of anilines is 2. The zero-order valence-electron chi connectivity index (χ0n) is 19.8. The van der Waals surface area contributed by atoms with E-state index >= 15 is 0 Å². The highest BCUT2D eigenvalue weighted by molar-refractivity contribution is 6.33. The summed E-state index contributed by atoms with van der Waals surface area (Å²) in [6.07, 6.45) is 5.87. The van der Waals surface area contributed by atoms with E-state index in [2.05, 4.69) is 83.5 Å². The van der Waals surface area contributed by atoms with Gasteiger partial charge in [-0.3, -0.25) is 9.58 Å². The molecule has 0 atom stereocenters. The van der Waals surface area contributed by atoms with Crippen molar-refractivity contribution in [2.24, 2.45) is 7.05 Å². The molecule has 33 heavy (non-hydrogen) atoms. The maximum absolute atomic E-state index is 4.82. The van der Waals surface area contributed by atoms with E-state index in [0.717, 1.165) is 66.0 Å². The quantitative estimate of drug-likeness (QED) is 0.481. The Labute approximate surface area is 195 Å². The number of piperazine rings is 1. The van der Waals surface area contributed by atoms with Gasteiger partial charge in [0.05, 0.1) is 11.7 Å². The lowest BCUT2D eigenvalue weighted by atomic mass is 9.93. The Morgan fingerprint density at radius 3 is 2.55 bits per heavy atom. The molecule has 4 aromatic rings. The van der Waals surface area contributed by atoms with E-state index in [1.165, 1.54) is 11.0 Å². The third-order valence-corrected chi connectivity index (χ3v) is 6.31. The molecule has 1 fully saturated rings. The van der Waals surface area contributed by atoms with Crippen LogP contribution in [-0.4, -0.2) is 70.6 Å². The third-order valence-electron chi connectivity index (χ3n) is 6.31. The minimum atomic E-state index is 0.614. The third kappa shape index (κ3) is 4.92. The Morgan fingerprint density at radius 1 is 0.970 bits per heavy atom. The van der Waals surface area contributed by atoms with Crippen molar-refractivity contribution in [3.63, 3.8) is 0 Å². The number of rotatable bonds is 5. The van der Waals surface area contributed by atoms with Gasteiger partial charge in [0.15, 0.2) is 0 Å². The highest BCUT2D eigenvalue weighted by Crippen LogP contribution is 2.27. The molecule has 1 aliphatic rings. The molecule has 2 aromatic heterocycles. The van der Waals surface area contributed by atoms with Crippen LogP contribution in [0.2, 0.25) is 0 Å². The first-order valence-electron chi connectivity index (χ1n) is 11.5. The van der Waals surface area contributed by atoms with Gasteiger partial charge in [-0.05, 0) is 48.9 Å². The molecule has 0 unspecified atom stereocenters. The van der Waals surface area contributed by atoms with Crippen molar-refractivity contribution < 1.29 is 0 Å². The van der Waals surface area contributed by atoms with Crippen LogP contribution >= 0.6 is 0 Å². The van der Waals surface area contributed by atoms with Crippen LogP contribution in [0.15, 0.2) is 48.9 Å². The van der Waals surface area contributed by atoms with Crippen molar-refractivity contribution in [3.05, 3.63) is 60.0 Å². The normalized spacial score (nSPS) is 15.2. The van der Waals surface area contributed by atoms with Gasteiger partial charge in [0, 0.05) is 68.8 Å². The summed E-state index contributed by atoms with van der Waals surface area (Å²) in [5.74, 6) is 0.614. The Balaban J connectivity index is 1.47. The molecule has 1 N–H and O–H groups in total. The first-order valence-corrected chi connectivity index (χ1v) is 11.5. The van der Waals surface area contributed by atoms with Crippen LogP contribution in [0.3, 0.4) is 0 Å². The smallest absolute Gasteiger partial charge is 0.227 e. The van der Waals surface area contributed by atoms with Gasteiger partial charge in [0.1, 0.15) is 7.85 Å². The fourth-order valence-corrected chi connectivity index (χ4v) is 4.56. The van der Waals surface area contributed by atoms with Gasteiger partial charge < -0.3 is 10.2 Å². The number of hydrogen-bond donors (Lipinski definition) is 1. The maximum Gasteiger partial charge on any atom is 0.227 e. The zero-order chi connectivity index (χ0) is 22.9. The van der Waals surface area contributed by atoms with Crippen molar-refractivity contribution in [1.82, 2.24) is 29.5 Å². The average Bonchev–Trinajstić information content (AvgIpc) is 3.22. The molecule has 0 aliphatic carbocycles. The predicted octanol–water partition coefficient (Wildman–Crippen LogP) is 2.09. The zero-order valence-corrected chi connectivity index (χ0v) is 19.8. The van der Waals surface area contributed by atoms with Gasteiger partial charge >= 0.3 is 0 Å². The number of nitrogens with zero attached hydrogens (tertiary/aromatic N) is 6. The number of fused-ring (bicyclic) bond motifs is 1. The van der Waals surface area contributed by atoms with Crippen molar-refractivity contribution >= 4 is 35.8 Å². The van der Waals surface area contributed by atoms with E-state index < -0.39 is 0 Å². The number of likely N-dealkylation sites (N-methyl/N-ethyl adjacent to an activating group) is 1.